The fraction of sp³-hybridized carbons (Fsp3) is 1.00. The van der Waals surface area contributed by atoms with E-state index in [1.807, 2.05) is 0 Å². The summed E-state index contributed by atoms with van der Waals surface area (Å²) in [5, 5.41) is 0. The fourth-order valence-corrected chi connectivity index (χ4v) is 0.566. The lowest BCUT2D eigenvalue weighted by Crippen LogP contribution is -2.36. The van der Waals surface area contributed by atoms with Gasteiger partial charge in [0.2, 0.25) is 0 Å². The minimum Gasteiger partial charge on any atom is -0.331 e. The standard InChI is InChI=1S/C6H17N2/c1-8(2,3)6-4-5-7/h4-7H2,1-3H3/q+1. The van der Waals surface area contributed by atoms with Crippen molar-refractivity contribution in [2.24, 2.45) is 5.73 Å². The zero-order valence-electron chi connectivity index (χ0n) is 6.15. The van der Waals surface area contributed by atoms with Crippen LogP contribution in [0.3, 0.4) is 0 Å². The van der Waals surface area contributed by atoms with Gasteiger partial charge in [0.1, 0.15) is 0 Å². The third kappa shape index (κ3) is 5.92. The summed E-state index contributed by atoms with van der Waals surface area (Å²) >= 11 is 0. The Morgan fingerprint density at radius 3 is 1.88 bits per heavy atom. The van der Waals surface area contributed by atoms with Gasteiger partial charge in [-0.15, -0.1) is 0 Å². The van der Waals surface area contributed by atoms with Crippen LogP contribution in [0.4, 0.5) is 0 Å². The van der Waals surface area contributed by atoms with Crippen LogP contribution < -0.4 is 5.73 Å². The van der Waals surface area contributed by atoms with E-state index in [-0.39, 0.29) is 0 Å². The maximum Gasteiger partial charge on any atom is 0.0792 e. The SMILES string of the molecule is C[N+](C)(C)CCCN. The molecule has 2 nitrogen and oxygen atoms in total. The fourth-order valence-electron chi connectivity index (χ4n) is 0.566. The van der Waals surface area contributed by atoms with Crippen LogP contribution in [-0.4, -0.2) is 38.7 Å². The highest BCUT2D eigenvalue weighted by Crippen LogP contribution is 1.90. The van der Waals surface area contributed by atoms with E-state index >= 15 is 0 Å². The maximum atomic E-state index is 5.33. The molecule has 0 rings (SSSR count). The van der Waals surface area contributed by atoms with Crippen LogP contribution in [0.15, 0.2) is 0 Å². The van der Waals surface area contributed by atoms with Crippen molar-refractivity contribution < 1.29 is 4.48 Å². The Morgan fingerprint density at radius 1 is 1.25 bits per heavy atom. The average Bonchev–Trinajstić information content (AvgIpc) is 1.59. The Hall–Kier alpha value is -0.0800. The Balaban J connectivity index is 3.11. The Kier molecular flexibility index (Phi) is 3.02. The number of nitrogens with two attached hydrogens (primary N) is 1. The molecule has 8 heavy (non-hydrogen) atoms. The van der Waals surface area contributed by atoms with Gasteiger partial charge >= 0.3 is 0 Å². The van der Waals surface area contributed by atoms with E-state index in [1.165, 1.54) is 6.54 Å². The van der Waals surface area contributed by atoms with Crippen LogP contribution in [0.1, 0.15) is 6.42 Å². The number of quaternary nitrogens is 1. The number of nitrogens with zero attached hydrogens (tertiary/aromatic N) is 1. The van der Waals surface area contributed by atoms with Crippen LogP contribution in [0.25, 0.3) is 0 Å². The summed E-state index contributed by atoms with van der Waals surface area (Å²) in [6.45, 7) is 1.99. The van der Waals surface area contributed by atoms with Gasteiger partial charge in [0.15, 0.2) is 0 Å². The Labute approximate surface area is 51.9 Å². The predicted molar refractivity (Wildman–Crippen MR) is 36.6 cm³/mol. The van der Waals surface area contributed by atoms with E-state index in [0.29, 0.717) is 0 Å². The Bertz CT molecular complexity index is 54.0. The molecule has 0 saturated heterocycles. The molecule has 0 radical (unpaired) electrons. The van der Waals surface area contributed by atoms with Crippen molar-refractivity contribution in [2.75, 3.05) is 34.2 Å². The molecular weight excluding hydrogens is 100 g/mol. The van der Waals surface area contributed by atoms with Crippen LogP contribution in [-0.2, 0) is 0 Å². The minimum absolute atomic E-state index is 0.815. The van der Waals surface area contributed by atoms with Crippen LogP contribution in [0.5, 0.6) is 0 Å². The van der Waals surface area contributed by atoms with Crippen molar-refractivity contribution in [1.82, 2.24) is 0 Å². The predicted octanol–water partition coefficient (Wildman–Crippen LogP) is 0.0414. The van der Waals surface area contributed by atoms with Crippen molar-refractivity contribution in [2.45, 2.75) is 6.42 Å². The summed E-state index contributed by atoms with van der Waals surface area (Å²) in [5.41, 5.74) is 5.33. The molecule has 0 atom stereocenters. The summed E-state index contributed by atoms with van der Waals surface area (Å²) in [7, 11) is 6.53. The molecule has 0 unspecified atom stereocenters. The first-order valence-corrected chi connectivity index (χ1v) is 3.07. The lowest BCUT2D eigenvalue weighted by molar-refractivity contribution is -0.870. The largest absolute Gasteiger partial charge is 0.331 e. The molecule has 0 aromatic heterocycles. The zero-order chi connectivity index (χ0) is 6.62. The number of hydrogen-bond acceptors (Lipinski definition) is 1. The second kappa shape index (κ2) is 3.05. The summed E-state index contributed by atoms with van der Waals surface area (Å²) in [6.07, 6.45) is 1.13. The first-order chi connectivity index (χ1) is 3.56. The molecule has 0 heterocycles. The minimum atomic E-state index is 0.815. The summed E-state index contributed by atoms with van der Waals surface area (Å²) in [4.78, 5) is 0. The van der Waals surface area contributed by atoms with Crippen LogP contribution in [0.2, 0.25) is 0 Å². The summed E-state index contributed by atoms with van der Waals surface area (Å²) in [6, 6.07) is 0. The Morgan fingerprint density at radius 2 is 1.75 bits per heavy atom. The van der Waals surface area contributed by atoms with Crippen molar-refractivity contribution in [3.05, 3.63) is 0 Å². The second-order valence-corrected chi connectivity index (χ2v) is 3.16. The lowest BCUT2D eigenvalue weighted by atomic mass is 10.4. The normalized spacial score (nSPS) is 12.0. The molecule has 0 bridgehead atoms. The van der Waals surface area contributed by atoms with E-state index in [0.717, 1.165) is 17.4 Å². The van der Waals surface area contributed by atoms with Gasteiger partial charge in [-0.25, -0.2) is 0 Å². The molecule has 0 aliphatic carbocycles. The highest BCUT2D eigenvalue weighted by molar-refractivity contribution is 4.33. The molecule has 0 aromatic carbocycles. The molecule has 2 N–H and O–H groups in total. The van der Waals surface area contributed by atoms with Gasteiger partial charge in [-0.3, -0.25) is 0 Å². The average molecular weight is 117 g/mol. The molecular formula is C6H17N2+. The molecule has 0 fully saturated rings. The van der Waals surface area contributed by atoms with Gasteiger partial charge in [0.25, 0.3) is 0 Å². The van der Waals surface area contributed by atoms with Gasteiger partial charge in [0.05, 0.1) is 27.7 Å². The molecule has 2 heteroatoms. The first kappa shape index (κ1) is 7.92. The monoisotopic (exact) mass is 117 g/mol. The number of hydrogen-bond donors (Lipinski definition) is 1. The van der Waals surface area contributed by atoms with Crippen LogP contribution >= 0.6 is 0 Å². The molecule has 0 amide bonds. The maximum absolute atomic E-state index is 5.33. The van der Waals surface area contributed by atoms with Gasteiger partial charge in [0, 0.05) is 6.42 Å². The summed E-state index contributed by atoms with van der Waals surface area (Å²) in [5.74, 6) is 0. The smallest absolute Gasteiger partial charge is 0.0792 e. The van der Waals surface area contributed by atoms with Crippen molar-refractivity contribution in [1.29, 1.82) is 0 Å². The van der Waals surface area contributed by atoms with Crippen molar-refractivity contribution in [3.8, 4) is 0 Å². The highest BCUT2D eigenvalue weighted by Gasteiger charge is 2.03. The van der Waals surface area contributed by atoms with E-state index in [2.05, 4.69) is 21.1 Å². The zero-order valence-corrected chi connectivity index (χ0v) is 6.15. The summed E-state index contributed by atoms with van der Waals surface area (Å²) < 4.78 is 1.02. The number of rotatable bonds is 3. The molecule has 0 aliphatic heterocycles. The molecule has 0 aromatic rings. The third-order valence-electron chi connectivity index (χ3n) is 1.03. The van der Waals surface area contributed by atoms with Crippen molar-refractivity contribution >= 4 is 0 Å². The van der Waals surface area contributed by atoms with Crippen molar-refractivity contribution in [3.63, 3.8) is 0 Å². The van der Waals surface area contributed by atoms with E-state index in [9.17, 15) is 0 Å². The van der Waals surface area contributed by atoms with Gasteiger partial charge in [-0.05, 0) is 6.54 Å². The third-order valence-corrected chi connectivity index (χ3v) is 1.03. The topological polar surface area (TPSA) is 26.0 Å². The van der Waals surface area contributed by atoms with E-state index in [1.54, 1.807) is 0 Å². The highest BCUT2D eigenvalue weighted by atomic mass is 15.3. The molecule has 0 spiro atoms. The van der Waals surface area contributed by atoms with Gasteiger partial charge in [-0.2, -0.15) is 0 Å². The second-order valence-electron chi connectivity index (χ2n) is 3.16. The molecule has 0 aliphatic rings. The van der Waals surface area contributed by atoms with Crippen LogP contribution in [0, 0.1) is 0 Å². The van der Waals surface area contributed by atoms with E-state index < -0.39 is 0 Å². The molecule has 50 valence electrons. The molecule has 0 saturated carbocycles. The van der Waals surface area contributed by atoms with Gasteiger partial charge < -0.3 is 10.2 Å². The lowest BCUT2D eigenvalue weighted by Gasteiger charge is -2.23. The van der Waals surface area contributed by atoms with Gasteiger partial charge in [-0.1, -0.05) is 0 Å². The first-order valence-electron chi connectivity index (χ1n) is 3.07. The van der Waals surface area contributed by atoms with E-state index in [4.69, 9.17) is 5.73 Å². The quantitative estimate of drug-likeness (QED) is 0.519.